The number of ether oxygens (including phenoxy) is 1. The van der Waals surface area contributed by atoms with E-state index in [1.54, 1.807) is 18.2 Å². The Morgan fingerprint density at radius 3 is 2.33 bits per heavy atom. The number of amides is 2. The standard InChI is InChI=1S/C32H32Cl2N2O4/c1-40-32(39)21-11-14-23(15-12-21)36-29(26-16-13-22(33)19-27(26)34)28(24-9-5-6-10-25(24)31(36)38)30(37)35-18-17-20-7-3-2-4-8-20/h2-10,13,16,19,21,23,28-29H,11-12,14-15,17-18H2,1H3,(H,35,37)/t21-,23+,28-,29+/m1/s1. The zero-order valence-electron chi connectivity index (χ0n) is 22.3. The summed E-state index contributed by atoms with van der Waals surface area (Å²) >= 11 is 13.0. The highest BCUT2D eigenvalue weighted by Gasteiger charge is 2.48. The Bertz CT molecular complexity index is 1390. The number of nitrogens with one attached hydrogen (secondary N) is 1. The summed E-state index contributed by atoms with van der Waals surface area (Å²) in [5.41, 5.74) is 3.00. The molecule has 1 saturated carbocycles. The van der Waals surface area contributed by atoms with Gasteiger partial charge in [0.1, 0.15) is 0 Å². The van der Waals surface area contributed by atoms with Gasteiger partial charge in [-0.3, -0.25) is 14.4 Å². The second kappa shape index (κ2) is 12.4. The van der Waals surface area contributed by atoms with Crippen molar-refractivity contribution >= 4 is 41.0 Å². The molecule has 0 unspecified atom stereocenters. The highest BCUT2D eigenvalue weighted by Crippen LogP contribution is 2.48. The van der Waals surface area contributed by atoms with E-state index in [2.05, 4.69) is 5.32 Å². The van der Waals surface area contributed by atoms with Crippen LogP contribution in [-0.4, -0.2) is 42.4 Å². The Morgan fingerprint density at radius 1 is 0.925 bits per heavy atom. The van der Waals surface area contributed by atoms with Gasteiger partial charge in [-0.2, -0.15) is 0 Å². The van der Waals surface area contributed by atoms with Crippen LogP contribution in [0.25, 0.3) is 0 Å². The number of methoxy groups -OCH3 is 1. The molecular formula is C32H32Cl2N2O4. The van der Waals surface area contributed by atoms with Crippen molar-refractivity contribution < 1.29 is 19.1 Å². The van der Waals surface area contributed by atoms with Crippen molar-refractivity contribution in [2.24, 2.45) is 5.92 Å². The third-order valence-corrected chi connectivity index (χ3v) is 8.68. The van der Waals surface area contributed by atoms with Gasteiger partial charge in [-0.05, 0) is 67.0 Å². The first-order valence-corrected chi connectivity index (χ1v) is 14.4. The van der Waals surface area contributed by atoms with Crippen molar-refractivity contribution in [3.63, 3.8) is 0 Å². The molecule has 40 heavy (non-hydrogen) atoms. The van der Waals surface area contributed by atoms with Crippen LogP contribution in [0.3, 0.4) is 0 Å². The molecule has 2 atom stereocenters. The third kappa shape index (κ3) is 5.74. The first-order valence-electron chi connectivity index (χ1n) is 13.6. The van der Waals surface area contributed by atoms with Gasteiger partial charge in [-0.15, -0.1) is 0 Å². The number of halogens is 2. The summed E-state index contributed by atoms with van der Waals surface area (Å²) in [4.78, 5) is 42.2. The molecule has 0 saturated heterocycles. The van der Waals surface area contributed by atoms with E-state index in [0.29, 0.717) is 65.4 Å². The second-order valence-electron chi connectivity index (χ2n) is 10.4. The normalized spacial score (nSPS) is 22.4. The van der Waals surface area contributed by atoms with Gasteiger partial charge in [-0.25, -0.2) is 0 Å². The van der Waals surface area contributed by atoms with E-state index in [1.807, 2.05) is 59.5 Å². The number of hydrogen-bond acceptors (Lipinski definition) is 4. The van der Waals surface area contributed by atoms with E-state index < -0.39 is 12.0 Å². The van der Waals surface area contributed by atoms with Gasteiger partial charge in [0, 0.05) is 28.2 Å². The van der Waals surface area contributed by atoms with Crippen molar-refractivity contribution in [3.8, 4) is 0 Å². The van der Waals surface area contributed by atoms with Crippen LogP contribution >= 0.6 is 23.2 Å². The Kier molecular flexibility index (Phi) is 8.77. The Balaban J connectivity index is 1.52. The van der Waals surface area contributed by atoms with Gasteiger partial charge >= 0.3 is 5.97 Å². The maximum atomic E-state index is 14.2. The Morgan fingerprint density at radius 2 is 1.62 bits per heavy atom. The van der Waals surface area contributed by atoms with Gasteiger partial charge in [-0.1, -0.05) is 77.8 Å². The molecule has 0 spiro atoms. The van der Waals surface area contributed by atoms with Crippen LogP contribution < -0.4 is 5.32 Å². The summed E-state index contributed by atoms with van der Waals surface area (Å²) < 4.78 is 4.97. The van der Waals surface area contributed by atoms with E-state index in [-0.39, 0.29) is 29.7 Å². The van der Waals surface area contributed by atoms with Crippen molar-refractivity contribution in [2.45, 2.75) is 50.1 Å². The minimum absolute atomic E-state index is 0.138. The summed E-state index contributed by atoms with van der Waals surface area (Å²) in [6.07, 6.45) is 3.15. The predicted molar refractivity (Wildman–Crippen MR) is 155 cm³/mol. The molecule has 0 aromatic heterocycles. The molecule has 1 N–H and O–H groups in total. The Hall–Kier alpha value is -3.35. The van der Waals surface area contributed by atoms with E-state index in [0.717, 1.165) is 5.56 Å². The summed E-state index contributed by atoms with van der Waals surface area (Å²) in [7, 11) is 1.40. The number of benzene rings is 3. The van der Waals surface area contributed by atoms with Gasteiger partial charge in [0.05, 0.1) is 25.0 Å². The molecule has 1 fully saturated rings. The van der Waals surface area contributed by atoms with Gasteiger partial charge in [0.2, 0.25) is 5.91 Å². The number of rotatable bonds is 7. The van der Waals surface area contributed by atoms with E-state index >= 15 is 0 Å². The lowest BCUT2D eigenvalue weighted by Crippen LogP contribution is -2.52. The molecular weight excluding hydrogens is 547 g/mol. The molecule has 1 aliphatic carbocycles. The van der Waals surface area contributed by atoms with Crippen LogP contribution in [0.4, 0.5) is 0 Å². The van der Waals surface area contributed by atoms with Gasteiger partial charge in [0.25, 0.3) is 5.91 Å². The molecule has 5 rings (SSSR count). The molecule has 8 heteroatoms. The summed E-state index contributed by atoms with van der Waals surface area (Å²) in [6.45, 7) is 0.459. The van der Waals surface area contributed by atoms with Crippen molar-refractivity contribution in [1.29, 1.82) is 0 Å². The lowest BCUT2D eigenvalue weighted by Gasteiger charge is -2.47. The molecule has 208 valence electrons. The number of fused-ring (bicyclic) bond motifs is 1. The first-order chi connectivity index (χ1) is 19.4. The molecule has 2 amide bonds. The number of hydrogen-bond donors (Lipinski definition) is 1. The Labute approximate surface area is 244 Å². The largest absolute Gasteiger partial charge is 0.469 e. The van der Waals surface area contributed by atoms with Crippen molar-refractivity contribution in [1.82, 2.24) is 10.2 Å². The van der Waals surface area contributed by atoms with Gasteiger partial charge < -0.3 is 15.0 Å². The van der Waals surface area contributed by atoms with Crippen LogP contribution in [0.1, 0.15) is 64.7 Å². The fourth-order valence-corrected chi connectivity index (χ4v) is 6.67. The number of nitrogens with zero attached hydrogens (tertiary/aromatic N) is 1. The quantitative estimate of drug-likeness (QED) is 0.331. The van der Waals surface area contributed by atoms with Crippen molar-refractivity contribution in [2.75, 3.05) is 13.7 Å². The highest BCUT2D eigenvalue weighted by atomic mass is 35.5. The SMILES string of the molecule is COC(=O)[C@H]1CC[C@@H](N2C(=O)c3ccccc3[C@@H](C(=O)NCCc3ccccc3)[C@@H]2c2ccc(Cl)cc2Cl)CC1. The monoisotopic (exact) mass is 578 g/mol. The zero-order valence-corrected chi connectivity index (χ0v) is 23.8. The minimum atomic E-state index is -0.679. The molecule has 1 aliphatic heterocycles. The van der Waals surface area contributed by atoms with Crippen LogP contribution in [0, 0.1) is 5.92 Å². The van der Waals surface area contributed by atoms with E-state index in [9.17, 15) is 14.4 Å². The third-order valence-electron chi connectivity index (χ3n) is 8.12. The summed E-state index contributed by atoms with van der Waals surface area (Å²) in [6, 6.07) is 21.7. The van der Waals surface area contributed by atoms with Crippen LogP contribution in [0.15, 0.2) is 72.8 Å². The lowest BCUT2D eigenvalue weighted by atomic mass is 9.76. The van der Waals surface area contributed by atoms with Gasteiger partial charge in [0.15, 0.2) is 0 Å². The molecule has 3 aromatic rings. The molecule has 2 aliphatic rings. The highest BCUT2D eigenvalue weighted by molar-refractivity contribution is 6.35. The lowest BCUT2D eigenvalue weighted by molar-refractivity contribution is -0.146. The average Bonchev–Trinajstić information content (AvgIpc) is 2.97. The molecule has 3 aromatic carbocycles. The number of esters is 1. The second-order valence-corrected chi connectivity index (χ2v) is 11.3. The molecule has 0 bridgehead atoms. The molecule has 6 nitrogen and oxygen atoms in total. The van der Waals surface area contributed by atoms with Crippen LogP contribution in [0.5, 0.6) is 0 Å². The minimum Gasteiger partial charge on any atom is -0.469 e. The predicted octanol–water partition coefficient (Wildman–Crippen LogP) is 6.36. The molecule has 1 heterocycles. The maximum Gasteiger partial charge on any atom is 0.308 e. The average molecular weight is 580 g/mol. The maximum absolute atomic E-state index is 14.2. The fraction of sp³-hybridized carbons (Fsp3) is 0.344. The smallest absolute Gasteiger partial charge is 0.308 e. The summed E-state index contributed by atoms with van der Waals surface area (Å²) in [5, 5.41) is 4.01. The van der Waals surface area contributed by atoms with Crippen molar-refractivity contribution in [3.05, 3.63) is 105 Å². The van der Waals surface area contributed by atoms with Crippen LogP contribution in [-0.2, 0) is 20.7 Å². The summed E-state index contributed by atoms with van der Waals surface area (Å²) in [5.74, 6) is -1.40. The fourth-order valence-electron chi connectivity index (χ4n) is 6.15. The van der Waals surface area contributed by atoms with E-state index in [4.69, 9.17) is 27.9 Å². The number of carbonyl (C=O) groups is 3. The van der Waals surface area contributed by atoms with Crippen LogP contribution in [0.2, 0.25) is 10.0 Å². The number of carbonyl (C=O) groups excluding carboxylic acids is 3. The first kappa shape index (κ1) is 28.2. The van der Waals surface area contributed by atoms with E-state index in [1.165, 1.54) is 7.11 Å². The zero-order chi connectivity index (χ0) is 28.2. The molecule has 0 radical (unpaired) electrons. The topological polar surface area (TPSA) is 75.7 Å².